The molecule has 0 bridgehead atoms. The van der Waals surface area contributed by atoms with Crippen molar-refractivity contribution in [2.45, 2.75) is 101 Å². The van der Waals surface area contributed by atoms with Gasteiger partial charge in [-0.1, -0.05) is 101 Å². The van der Waals surface area contributed by atoms with E-state index in [-0.39, 0.29) is 59.4 Å². The maximum atomic E-state index is 2.00. The van der Waals surface area contributed by atoms with Gasteiger partial charge in [0, 0.05) is 0 Å². The van der Waals surface area contributed by atoms with Crippen LogP contribution in [0.3, 0.4) is 0 Å². The van der Waals surface area contributed by atoms with Gasteiger partial charge in [-0.3, -0.25) is 0 Å². The normalized spacial score (nSPS) is 1.29. The van der Waals surface area contributed by atoms with E-state index in [9.17, 15) is 0 Å². The van der Waals surface area contributed by atoms with Crippen LogP contribution in [0.1, 0.15) is 101 Å². The first-order chi connectivity index (χ1) is 3.00. The molecule has 0 aliphatic heterocycles. The largest absolute Gasteiger partial charge is 0.0776 e. The van der Waals surface area contributed by atoms with Crippen molar-refractivity contribution >= 4 is 0 Å². The SMILES string of the molecule is C.C.C.C.C.C.C.C.CC.CC.CC. The third kappa shape index (κ3) is 0. The minimum atomic E-state index is 0. The van der Waals surface area contributed by atoms with Gasteiger partial charge in [0.25, 0.3) is 0 Å². The molecule has 0 spiro atoms. The van der Waals surface area contributed by atoms with Gasteiger partial charge in [-0.25, -0.2) is 0 Å². The summed E-state index contributed by atoms with van der Waals surface area (Å²) in [6.07, 6.45) is 0. The lowest BCUT2D eigenvalue weighted by Gasteiger charge is -1.07. The van der Waals surface area contributed by atoms with E-state index >= 15 is 0 Å². The number of rotatable bonds is 0. The first kappa shape index (κ1) is 263. The minimum Gasteiger partial charge on any atom is -0.0776 e. The van der Waals surface area contributed by atoms with Crippen molar-refractivity contribution in [3.8, 4) is 0 Å². The Labute approximate surface area is 102 Å². The zero-order chi connectivity index (χ0) is 6.00. The molecule has 0 heterocycles. The van der Waals surface area contributed by atoms with Crippen LogP contribution >= 0.6 is 0 Å². The van der Waals surface area contributed by atoms with Crippen molar-refractivity contribution in [3.63, 3.8) is 0 Å². The van der Waals surface area contributed by atoms with Gasteiger partial charge in [0.2, 0.25) is 0 Å². The predicted octanol–water partition coefficient (Wildman–Crippen LogP) is 8.17. The summed E-state index contributed by atoms with van der Waals surface area (Å²) in [5, 5.41) is 0. The molecule has 0 saturated heterocycles. The van der Waals surface area contributed by atoms with Gasteiger partial charge in [-0.2, -0.15) is 0 Å². The summed E-state index contributed by atoms with van der Waals surface area (Å²) in [5.41, 5.74) is 0. The van der Waals surface area contributed by atoms with Crippen LogP contribution < -0.4 is 0 Å². The van der Waals surface area contributed by atoms with Crippen molar-refractivity contribution in [2.24, 2.45) is 0 Å². The number of hydrogen-bond acceptors (Lipinski definition) is 0. The molecule has 0 radical (unpaired) electrons. The molecule has 0 atom stereocenters. The van der Waals surface area contributed by atoms with Gasteiger partial charge in [0.1, 0.15) is 0 Å². The van der Waals surface area contributed by atoms with E-state index in [1.165, 1.54) is 0 Å². The Kier molecular flexibility index (Phi) is 0. The molecule has 0 fully saturated rings. The van der Waals surface area contributed by atoms with Gasteiger partial charge in [-0.05, 0) is 0 Å². The highest BCUT2D eigenvalue weighted by molar-refractivity contribution is 3.51. The highest BCUT2D eigenvalue weighted by Crippen LogP contribution is 1.15. The van der Waals surface area contributed by atoms with Crippen LogP contribution in [0.15, 0.2) is 0 Å². The molecule has 0 unspecified atom stereocenters. The van der Waals surface area contributed by atoms with E-state index in [2.05, 4.69) is 0 Å². The fraction of sp³-hybridized carbons (Fsp3) is 1.00. The first-order valence-corrected chi connectivity index (χ1v) is 3.00. The molecule has 0 nitrogen and oxygen atoms in total. The second kappa shape index (κ2) is 0. The van der Waals surface area contributed by atoms with Crippen molar-refractivity contribution in [3.05, 3.63) is 0 Å². The molecule has 0 aliphatic carbocycles. The fourth-order valence-electron chi connectivity index (χ4n) is 0. The van der Waals surface area contributed by atoms with Crippen molar-refractivity contribution < 1.29 is 0 Å². The van der Waals surface area contributed by atoms with Crippen LogP contribution in [0, 0.1) is 0 Å². The number of hydrogen-bond donors (Lipinski definition) is 0. The standard InChI is InChI=1S/3C2H6.8CH4/c3*1-2;;;;;;;;/h3*1-2H3;8*1H4. The molecule has 14 heavy (non-hydrogen) atoms. The Morgan fingerprint density at radius 3 is 0.214 bits per heavy atom. The lowest BCUT2D eigenvalue weighted by Crippen LogP contribution is -0.856. The summed E-state index contributed by atoms with van der Waals surface area (Å²) in [4.78, 5) is 0. The second-order valence-electron chi connectivity index (χ2n) is 0. The Balaban J connectivity index is -0.000000000833. The van der Waals surface area contributed by atoms with Gasteiger partial charge in [0.15, 0.2) is 0 Å². The smallest absolute Gasteiger partial charge is 0.0683 e. The highest BCUT2D eigenvalue weighted by atomic mass is 13.0. The average molecular weight is 219 g/mol. The van der Waals surface area contributed by atoms with Gasteiger partial charge in [-0.15, -0.1) is 0 Å². The van der Waals surface area contributed by atoms with Gasteiger partial charge >= 0.3 is 0 Å². The summed E-state index contributed by atoms with van der Waals surface area (Å²) in [6, 6.07) is 0. The highest BCUT2D eigenvalue weighted by Gasteiger charge is 0.936. The molecule has 0 aromatic rings. The monoisotopic (exact) mass is 218 g/mol. The second-order valence-corrected chi connectivity index (χ2v) is 0. The van der Waals surface area contributed by atoms with Crippen LogP contribution in [-0.4, -0.2) is 0 Å². The Morgan fingerprint density at radius 2 is 0.214 bits per heavy atom. The quantitative estimate of drug-likeness (QED) is 0.384. The summed E-state index contributed by atoms with van der Waals surface area (Å²) >= 11 is 0. The topological polar surface area (TPSA) is 0 Å². The zero-order valence-corrected chi connectivity index (χ0v) is 6.00. The maximum absolute atomic E-state index is 2.00. The van der Waals surface area contributed by atoms with Crippen LogP contribution in [0.5, 0.6) is 0 Å². The predicted molar refractivity (Wildman–Crippen MR) is 87.9 cm³/mol. The lowest BCUT2D eigenvalue weighted by atomic mass is 11.0. The molecule has 0 N–H and O–H groups in total. The molecule has 0 rings (SSSR count). The van der Waals surface area contributed by atoms with Gasteiger partial charge in [0.05, 0.1) is 0 Å². The maximum Gasteiger partial charge on any atom is -0.0683 e. The molecule has 0 aromatic carbocycles. The van der Waals surface area contributed by atoms with Crippen LogP contribution in [-0.2, 0) is 0 Å². The Morgan fingerprint density at radius 1 is 0.214 bits per heavy atom. The molecular formula is C14H50. The van der Waals surface area contributed by atoms with Crippen molar-refractivity contribution in [1.29, 1.82) is 0 Å². The van der Waals surface area contributed by atoms with E-state index in [0.717, 1.165) is 0 Å². The van der Waals surface area contributed by atoms with Crippen LogP contribution in [0.2, 0.25) is 0 Å². The van der Waals surface area contributed by atoms with E-state index < -0.39 is 0 Å². The molecule has 0 amide bonds. The van der Waals surface area contributed by atoms with E-state index in [0.29, 0.717) is 0 Å². The molecule has 0 saturated carbocycles. The molecule has 0 heteroatoms. The van der Waals surface area contributed by atoms with E-state index in [1.807, 2.05) is 41.5 Å². The van der Waals surface area contributed by atoms with Crippen molar-refractivity contribution in [2.75, 3.05) is 0 Å². The first-order valence-electron chi connectivity index (χ1n) is 3.00. The Hall–Kier alpha value is 0. The average Bonchev–Trinajstić information content (AvgIpc) is 1.81. The molecule has 106 valence electrons. The van der Waals surface area contributed by atoms with Crippen LogP contribution in [0.4, 0.5) is 0 Å². The minimum absolute atomic E-state index is 0. The fourth-order valence-corrected chi connectivity index (χ4v) is 0. The third-order valence-electron chi connectivity index (χ3n) is 0. The lowest BCUT2D eigenvalue weighted by molar-refractivity contribution is 1.50. The molecule has 0 aliphatic rings. The third-order valence-corrected chi connectivity index (χ3v) is 0. The summed E-state index contributed by atoms with van der Waals surface area (Å²) in [6.45, 7) is 12.0. The summed E-state index contributed by atoms with van der Waals surface area (Å²) in [7, 11) is 0. The van der Waals surface area contributed by atoms with E-state index in [1.54, 1.807) is 0 Å². The Bertz CT molecular complexity index is 0. The van der Waals surface area contributed by atoms with E-state index in [4.69, 9.17) is 0 Å². The van der Waals surface area contributed by atoms with Gasteiger partial charge < -0.3 is 0 Å². The zero-order valence-electron chi connectivity index (χ0n) is 6.00. The summed E-state index contributed by atoms with van der Waals surface area (Å²) in [5.74, 6) is 0. The molecular weight excluding hydrogens is 168 g/mol. The van der Waals surface area contributed by atoms with Crippen LogP contribution in [0.25, 0.3) is 0 Å². The summed E-state index contributed by atoms with van der Waals surface area (Å²) < 4.78 is 0. The van der Waals surface area contributed by atoms with Crippen molar-refractivity contribution in [1.82, 2.24) is 0 Å². The molecule has 0 aromatic heterocycles.